The van der Waals surface area contributed by atoms with Gasteiger partial charge in [0.25, 0.3) is 0 Å². The molecule has 72 valence electrons. The molecule has 1 nitrogen and oxygen atoms in total. The van der Waals surface area contributed by atoms with Gasteiger partial charge in [0, 0.05) is 17.2 Å². The third-order valence-corrected chi connectivity index (χ3v) is 2.61. The van der Waals surface area contributed by atoms with E-state index in [9.17, 15) is 4.39 Å². The fourth-order valence-electron chi connectivity index (χ4n) is 1.06. The van der Waals surface area contributed by atoms with Gasteiger partial charge in [-0.1, -0.05) is 12.1 Å². The van der Waals surface area contributed by atoms with Gasteiger partial charge in [-0.3, -0.25) is 4.39 Å². The Morgan fingerprint density at radius 2 is 2.00 bits per heavy atom. The first kappa shape index (κ1) is 10.5. The van der Waals surface area contributed by atoms with Crippen molar-refractivity contribution in [2.75, 3.05) is 19.5 Å². The van der Waals surface area contributed by atoms with Gasteiger partial charge in [-0.2, -0.15) is 0 Å². The number of hydrogen-bond acceptors (Lipinski definition) is 2. The van der Waals surface area contributed by atoms with Crippen LogP contribution in [0, 0.1) is 0 Å². The minimum absolute atomic E-state index is 0.261. The molecule has 3 heteroatoms. The van der Waals surface area contributed by atoms with Gasteiger partial charge in [0.15, 0.2) is 0 Å². The molecule has 0 aliphatic heterocycles. The number of rotatable bonds is 5. The van der Waals surface area contributed by atoms with Crippen LogP contribution in [0.1, 0.15) is 5.56 Å². The van der Waals surface area contributed by atoms with E-state index in [1.807, 2.05) is 19.2 Å². The van der Waals surface area contributed by atoms with E-state index in [1.54, 1.807) is 11.8 Å². The smallest absolute Gasteiger partial charge is 0.0988 e. The molecule has 1 rings (SSSR count). The van der Waals surface area contributed by atoms with Crippen LogP contribution >= 0.6 is 11.8 Å². The standard InChI is InChI=1S/C10H14FNS/c1-12-8-9-2-4-10(5-3-9)13-7-6-11/h2-5,12H,6-8H2,1H3. The molecule has 0 fully saturated rings. The van der Waals surface area contributed by atoms with Crippen LogP contribution in [0.3, 0.4) is 0 Å². The topological polar surface area (TPSA) is 12.0 Å². The number of hydrogen-bond donors (Lipinski definition) is 1. The molecule has 0 aliphatic rings. The molecular formula is C10H14FNS. The molecule has 0 spiro atoms. The van der Waals surface area contributed by atoms with Gasteiger partial charge in [0.05, 0.1) is 6.67 Å². The molecule has 13 heavy (non-hydrogen) atoms. The average Bonchev–Trinajstić information content (AvgIpc) is 2.17. The van der Waals surface area contributed by atoms with Crippen molar-refractivity contribution >= 4 is 11.8 Å². The summed E-state index contributed by atoms with van der Waals surface area (Å²) >= 11 is 1.55. The largest absolute Gasteiger partial charge is 0.316 e. The zero-order valence-electron chi connectivity index (χ0n) is 7.72. The second kappa shape index (κ2) is 6.00. The highest BCUT2D eigenvalue weighted by Crippen LogP contribution is 2.17. The summed E-state index contributed by atoms with van der Waals surface area (Å²) < 4.78 is 11.8. The Morgan fingerprint density at radius 1 is 1.31 bits per heavy atom. The van der Waals surface area contributed by atoms with E-state index in [0.717, 1.165) is 11.4 Å². The van der Waals surface area contributed by atoms with Gasteiger partial charge in [-0.25, -0.2) is 0 Å². The number of nitrogens with one attached hydrogen (secondary N) is 1. The predicted octanol–water partition coefficient (Wildman–Crippen LogP) is 2.47. The fraction of sp³-hybridized carbons (Fsp3) is 0.400. The van der Waals surface area contributed by atoms with E-state index in [2.05, 4.69) is 17.4 Å². The Kier molecular flexibility index (Phi) is 4.86. The molecule has 0 amide bonds. The van der Waals surface area contributed by atoms with Crippen LogP contribution in [-0.2, 0) is 6.54 Å². The van der Waals surface area contributed by atoms with Crippen LogP contribution in [-0.4, -0.2) is 19.5 Å². The highest BCUT2D eigenvalue weighted by Gasteiger charge is 1.94. The van der Waals surface area contributed by atoms with Crippen LogP contribution in [0.4, 0.5) is 4.39 Å². The summed E-state index contributed by atoms with van der Waals surface area (Å²) in [5.74, 6) is 0.547. The maximum atomic E-state index is 11.8. The van der Waals surface area contributed by atoms with Gasteiger partial charge >= 0.3 is 0 Å². The lowest BCUT2D eigenvalue weighted by Crippen LogP contribution is -2.04. The average molecular weight is 199 g/mol. The lowest BCUT2D eigenvalue weighted by Gasteiger charge is -2.02. The quantitative estimate of drug-likeness (QED) is 0.731. The van der Waals surface area contributed by atoms with E-state index >= 15 is 0 Å². The van der Waals surface area contributed by atoms with Crippen LogP contribution < -0.4 is 5.32 Å². The maximum Gasteiger partial charge on any atom is 0.0988 e. The molecule has 0 heterocycles. The first-order valence-electron chi connectivity index (χ1n) is 4.29. The van der Waals surface area contributed by atoms with Crippen molar-refractivity contribution in [1.82, 2.24) is 5.32 Å². The summed E-state index contributed by atoms with van der Waals surface area (Å²) in [6.45, 7) is 0.622. The molecule has 0 atom stereocenters. The summed E-state index contributed by atoms with van der Waals surface area (Å²) in [6, 6.07) is 8.20. The van der Waals surface area contributed by atoms with Crippen LogP contribution in [0.2, 0.25) is 0 Å². The Morgan fingerprint density at radius 3 is 2.54 bits per heavy atom. The lowest BCUT2D eigenvalue weighted by atomic mass is 10.2. The van der Waals surface area contributed by atoms with E-state index in [4.69, 9.17) is 0 Å². The summed E-state index contributed by atoms with van der Waals surface area (Å²) in [7, 11) is 1.92. The van der Waals surface area contributed by atoms with Crippen molar-refractivity contribution in [2.45, 2.75) is 11.4 Å². The molecule has 0 bridgehead atoms. The van der Waals surface area contributed by atoms with Gasteiger partial charge in [-0.15, -0.1) is 11.8 Å². The zero-order valence-corrected chi connectivity index (χ0v) is 8.53. The first-order valence-corrected chi connectivity index (χ1v) is 5.27. The highest BCUT2D eigenvalue weighted by molar-refractivity contribution is 7.99. The van der Waals surface area contributed by atoms with E-state index in [-0.39, 0.29) is 6.67 Å². The summed E-state index contributed by atoms with van der Waals surface area (Å²) in [5.41, 5.74) is 1.26. The third-order valence-electron chi connectivity index (χ3n) is 1.65. The van der Waals surface area contributed by atoms with E-state index in [1.165, 1.54) is 5.56 Å². The SMILES string of the molecule is CNCc1ccc(SCCF)cc1. The van der Waals surface area contributed by atoms with Gasteiger partial charge in [-0.05, 0) is 24.7 Å². The second-order valence-corrected chi connectivity index (χ2v) is 3.88. The molecule has 1 N–H and O–H groups in total. The minimum Gasteiger partial charge on any atom is -0.316 e. The molecule has 0 radical (unpaired) electrons. The van der Waals surface area contributed by atoms with Crippen molar-refractivity contribution in [2.24, 2.45) is 0 Å². The normalized spacial score (nSPS) is 10.3. The molecular weight excluding hydrogens is 185 g/mol. The van der Waals surface area contributed by atoms with Crippen molar-refractivity contribution in [3.8, 4) is 0 Å². The zero-order chi connectivity index (χ0) is 9.52. The highest BCUT2D eigenvalue weighted by atomic mass is 32.2. The molecule has 1 aromatic rings. The van der Waals surface area contributed by atoms with E-state index < -0.39 is 0 Å². The van der Waals surface area contributed by atoms with Crippen molar-refractivity contribution in [3.05, 3.63) is 29.8 Å². The summed E-state index contributed by atoms with van der Waals surface area (Å²) in [4.78, 5) is 1.14. The molecule has 0 aromatic heterocycles. The number of thioether (sulfide) groups is 1. The number of benzene rings is 1. The van der Waals surface area contributed by atoms with Crippen molar-refractivity contribution in [3.63, 3.8) is 0 Å². The third kappa shape index (κ3) is 3.79. The molecule has 1 aromatic carbocycles. The van der Waals surface area contributed by atoms with Crippen LogP contribution in [0.15, 0.2) is 29.2 Å². The Hall–Kier alpha value is -0.540. The van der Waals surface area contributed by atoms with Gasteiger partial charge in [0.2, 0.25) is 0 Å². The summed E-state index contributed by atoms with van der Waals surface area (Å²) in [6.07, 6.45) is 0. The van der Waals surface area contributed by atoms with Crippen molar-refractivity contribution < 1.29 is 4.39 Å². The van der Waals surface area contributed by atoms with Gasteiger partial charge < -0.3 is 5.32 Å². The Balaban J connectivity index is 2.48. The minimum atomic E-state index is -0.261. The molecule has 0 saturated carbocycles. The maximum absolute atomic E-state index is 11.8. The second-order valence-electron chi connectivity index (χ2n) is 2.71. The van der Waals surface area contributed by atoms with Crippen molar-refractivity contribution in [1.29, 1.82) is 0 Å². The Bertz CT molecular complexity index is 235. The van der Waals surface area contributed by atoms with E-state index in [0.29, 0.717) is 5.75 Å². The number of halogens is 1. The summed E-state index contributed by atoms with van der Waals surface area (Å²) in [5, 5.41) is 3.08. The van der Waals surface area contributed by atoms with Crippen LogP contribution in [0.5, 0.6) is 0 Å². The van der Waals surface area contributed by atoms with Crippen LogP contribution in [0.25, 0.3) is 0 Å². The predicted molar refractivity (Wildman–Crippen MR) is 55.9 cm³/mol. The molecule has 0 unspecified atom stereocenters. The fourth-order valence-corrected chi connectivity index (χ4v) is 1.71. The molecule has 0 saturated heterocycles. The Labute approximate surface area is 82.7 Å². The lowest BCUT2D eigenvalue weighted by molar-refractivity contribution is 0.533. The number of alkyl halides is 1. The molecule has 0 aliphatic carbocycles. The first-order chi connectivity index (χ1) is 6.36. The van der Waals surface area contributed by atoms with Gasteiger partial charge in [0.1, 0.15) is 0 Å². The monoisotopic (exact) mass is 199 g/mol.